The van der Waals surface area contributed by atoms with Crippen LogP contribution in [0.3, 0.4) is 0 Å². The summed E-state index contributed by atoms with van der Waals surface area (Å²) in [6.07, 6.45) is -0.611. The van der Waals surface area contributed by atoms with Crippen molar-refractivity contribution in [1.82, 2.24) is 34.3 Å². The van der Waals surface area contributed by atoms with Crippen molar-refractivity contribution in [3.8, 4) is 5.69 Å². The van der Waals surface area contributed by atoms with Gasteiger partial charge in [-0.15, -0.1) is 0 Å². The van der Waals surface area contributed by atoms with E-state index in [2.05, 4.69) is 20.2 Å². The van der Waals surface area contributed by atoms with Crippen LogP contribution in [0.25, 0.3) is 22.2 Å². The van der Waals surface area contributed by atoms with Gasteiger partial charge in [0.2, 0.25) is 0 Å². The number of guanidine groups is 1. The zero-order chi connectivity index (χ0) is 38.1. The van der Waals surface area contributed by atoms with Crippen LogP contribution in [0.4, 0.5) is 17.6 Å². The van der Waals surface area contributed by atoms with Crippen molar-refractivity contribution in [3.05, 3.63) is 83.2 Å². The number of carbonyl (C=O) groups is 2. The second-order valence-corrected chi connectivity index (χ2v) is 15.4. The lowest BCUT2D eigenvalue weighted by molar-refractivity contribution is -0.153. The number of benzene rings is 2. The molecule has 12 nitrogen and oxygen atoms in total. The van der Waals surface area contributed by atoms with Gasteiger partial charge in [-0.25, -0.2) is 41.7 Å². The molecule has 1 amide bonds. The second-order valence-electron chi connectivity index (χ2n) is 15.0. The standard InChI is InChI=1S/C36H36ClF4N9O3/c1-33(2,3)17-36(22-7-9-24-20(13-22)6-10-27-43-18-45-49(24)27)31(52)48(32(42)47-36)26(16-53-28(51)15-35(11-12-35)34(4,40)41)21-5-8-23(37)25(14-21)50-30(29(38)39)44-19-46-50/h5-10,13-14,18-19,26,29H,11-12,15-17H2,1-4H3,(H2,42,47)/t26-,36-/m1/s1. The van der Waals surface area contributed by atoms with E-state index in [9.17, 15) is 22.4 Å². The zero-order valence-corrected chi connectivity index (χ0v) is 30.0. The summed E-state index contributed by atoms with van der Waals surface area (Å²) in [7, 11) is 0. The number of alkyl halides is 4. The molecule has 1 saturated carbocycles. The molecular formula is C36H36ClF4N9O3. The number of nitrogens with two attached hydrogens (primary N) is 1. The van der Waals surface area contributed by atoms with Gasteiger partial charge >= 0.3 is 5.97 Å². The average Bonchev–Trinajstić information content (AvgIpc) is 3.39. The second kappa shape index (κ2) is 12.8. The molecule has 17 heteroatoms. The Balaban J connectivity index is 1.31. The summed E-state index contributed by atoms with van der Waals surface area (Å²) in [5.41, 5.74) is 5.31. The van der Waals surface area contributed by atoms with Crippen LogP contribution in [0.5, 0.6) is 0 Å². The fourth-order valence-electron chi connectivity index (χ4n) is 7.15. The molecule has 2 aromatic carbocycles. The molecule has 0 unspecified atom stereocenters. The van der Waals surface area contributed by atoms with Gasteiger partial charge in [-0.2, -0.15) is 10.2 Å². The summed E-state index contributed by atoms with van der Waals surface area (Å²) in [5, 5.41) is 9.03. The summed E-state index contributed by atoms with van der Waals surface area (Å²) in [5.74, 6) is -5.42. The maximum atomic E-state index is 15.1. The Bertz CT molecular complexity index is 2280. The maximum absolute atomic E-state index is 15.1. The van der Waals surface area contributed by atoms with Gasteiger partial charge in [0.15, 0.2) is 23.0 Å². The molecule has 0 spiro atoms. The molecule has 53 heavy (non-hydrogen) atoms. The first-order valence-corrected chi connectivity index (χ1v) is 17.2. The predicted molar refractivity (Wildman–Crippen MR) is 187 cm³/mol. The van der Waals surface area contributed by atoms with Gasteiger partial charge < -0.3 is 10.5 Å². The first-order valence-electron chi connectivity index (χ1n) is 16.9. The molecule has 3 aromatic heterocycles. The number of amides is 1. The van der Waals surface area contributed by atoms with Crippen LogP contribution in [0.2, 0.25) is 5.02 Å². The van der Waals surface area contributed by atoms with Gasteiger partial charge in [0.05, 0.1) is 28.7 Å². The van der Waals surface area contributed by atoms with Crippen LogP contribution in [-0.4, -0.2) is 64.6 Å². The number of fused-ring (bicyclic) bond motifs is 3. The Morgan fingerprint density at radius 3 is 2.43 bits per heavy atom. The summed E-state index contributed by atoms with van der Waals surface area (Å²) in [4.78, 5) is 42.2. The maximum Gasteiger partial charge on any atom is 0.306 e. The third kappa shape index (κ3) is 6.46. The quantitative estimate of drug-likeness (QED) is 0.113. The minimum Gasteiger partial charge on any atom is -0.463 e. The van der Waals surface area contributed by atoms with E-state index in [0.717, 1.165) is 28.8 Å². The number of pyridine rings is 1. The highest BCUT2D eigenvalue weighted by molar-refractivity contribution is 6.32. The minimum absolute atomic E-state index is 0.00733. The summed E-state index contributed by atoms with van der Waals surface area (Å²) < 4.78 is 64.8. The van der Waals surface area contributed by atoms with Crippen molar-refractivity contribution in [2.75, 3.05) is 6.61 Å². The number of rotatable bonds is 11. The third-order valence-corrected chi connectivity index (χ3v) is 10.3. The van der Waals surface area contributed by atoms with E-state index in [-0.39, 0.29) is 41.5 Å². The molecule has 278 valence electrons. The molecule has 0 bridgehead atoms. The highest BCUT2D eigenvalue weighted by atomic mass is 35.5. The van der Waals surface area contributed by atoms with E-state index in [1.165, 1.54) is 29.4 Å². The molecule has 2 aliphatic rings. The minimum atomic E-state index is -3.11. The van der Waals surface area contributed by atoms with Crippen LogP contribution in [0, 0.1) is 10.8 Å². The lowest BCUT2D eigenvalue weighted by atomic mass is 9.75. The Hall–Kier alpha value is -5.12. The van der Waals surface area contributed by atoms with Gasteiger partial charge in [-0.05, 0) is 79.1 Å². The lowest BCUT2D eigenvalue weighted by Crippen LogP contribution is -2.47. The van der Waals surface area contributed by atoms with Crippen molar-refractivity contribution in [3.63, 3.8) is 0 Å². The Labute approximate surface area is 306 Å². The van der Waals surface area contributed by atoms with Crippen molar-refractivity contribution in [1.29, 1.82) is 0 Å². The zero-order valence-electron chi connectivity index (χ0n) is 29.2. The fourth-order valence-corrected chi connectivity index (χ4v) is 7.35. The smallest absolute Gasteiger partial charge is 0.306 e. The molecule has 4 heterocycles. The normalized spacial score (nSPS) is 19.3. The topological polar surface area (TPSA) is 146 Å². The van der Waals surface area contributed by atoms with Crippen LogP contribution in [0.15, 0.2) is 66.2 Å². The van der Waals surface area contributed by atoms with Crippen molar-refractivity contribution in [2.24, 2.45) is 21.6 Å². The lowest BCUT2D eigenvalue weighted by Gasteiger charge is -2.35. The average molecular weight is 754 g/mol. The number of hydrogen-bond acceptors (Lipinski definition) is 9. The van der Waals surface area contributed by atoms with Crippen LogP contribution >= 0.6 is 11.6 Å². The van der Waals surface area contributed by atoms with E-state index in [1.807, 2.05) is 39.0 Å². The van der Waals surface area contributed by atoms with Crippen LogP contribution < -0.4 is 5.73 Å². The highest BCUT2D eigenvalue weighted by Crippen LogP contribution is 2.59. The van der Waals surface area contributed by atoms with Crippen molar-refractivity contribution < 1.29 is 31.9 Å². The molecule has 2 N–H and O–H groups in total. The van der Waals surface area contributed by atoms with E-state index >= 15 is 4.79 Å². The predicted octanol–water partition coefficient (Wildman–Crippen LogP) is 6.95. The molecule has 0 saturated heterocycles. The van der Waals surface area contributed by atoms with E-state index in [1.54, 1.807) is 16.6 Å². The molecule has 0 radical (unpaired) electrons. The Morgan fingerprint density at radius 2 is 1.75 bits per heavy atom. The van der Waals surface area contributed by atoms with Gasteiger partial charge in [-0.3, -0.25) is 14.5 Å². The number of ether oxygens (including phenoxy) is 1. The largest absolute Gasteiger partial charge is 0.463 e. The molecule has 2 atom stereocenters. The van der Waals surface area contributed by atoms with Crippen molar-refractivity contribution >= 4 is 46.0 Å². The molecular weight excluding hydrogens is 718 g/mol. The Morgan fingerprint density at radius 1 is 1.02 bits per heavy atom. The number of nitrogens with zero attached hydrogens (tertiary/aromatic N) is 8. The molecule has 1 aliphatic heterocycles. The summed E-state index contributed by atoms with van der Waals surface area (Å²) >= 11 is 6.48. The number of aliphatic imine (C=N–C) groups is 1. The van der Waals surface area contributed by atoms with Gasteiger partial charge in [0.1, 0.15) is 19.3 Å². The number of carbonyl (C=O) groups excluding carboxylic acids is 2. The first kappa shape index (κ1) is 36.2. The molecule has 1 aliphatic carbocycles. The monoisotopic (exact) mass is 753 g/mol. The number of halogens is 5. The van der Waals surface area contributed by atoms with Crippen molar-refractivity contribution in [2.45, 2.75) is 77.3 Å². The summed E-state index contributed by atoms with van der Waals surface area (Å²) in [6.45, 7) is 6.12. The molecule has 5 aromatic rings. The summed E-state index contributed by atoms with van der Waals surface area (Å²) in [6, 6.07) is 12.2. The van der Waals surface area contributed by atoms with Gasteiger partial charge in [0, 0.05) is 10.8 Å². The molecule has 7 rings (SSSR count). The van der Waals surface area contributed by atoms with Gasteiger partial charge in [0.25, 0.3) is 18.3 Å². The van der Waals surface area contributed by atoms with E-state index < -0.39 is 65.5 Å². The third-order valence-electron chi connectivity index (χ3n) is 9.96. The number of hydrogen-bond donors (Lipinski definition) is 1. The number of aromatic nitrogens is 6. The van der Waals surface area contributed by atoms with Crippen LogP contribution in [-0.2, 0) is 19.9 Å². The first-order chi connectivity index (χ1) is 24.9. The fraction of sp³-hybridized carbons (Fsp3) is 0.417. The van der Waals surface area contributed by atoms with E-state index in [0.29, 0.717) is 11.2 Å². The molecule has 1 fully saturated rings. The van der Waals surface area contributed by atoms with E-state index in [4.69, 9.17) is 27.1 Å². The highest BCUT2D eigenvalue weighted by Gasteiger charge is 2.60. The van der Waals surface area contributed by atoms with Crippen LogP contribution in [0.1, 0.15) is 82.8 Å². The SMILES string of the molecule is CC(C)(C)C[C@]1(c2ccc3c(ccc4ncnn43)c2)N=C(N)N([C@H](COC(=O)CC2(C(C)(F)F)CC2)c2ccc(Cl)c(-n3ncnc3C(F)F)c2)C1=O. The number of esters is 1. The Kier molecular flexibility index (Phi) is 8.74. The van der Waals surface area contributed by atoms with Gasteiger partial charge in [-0.1, -0.05) is 44.5 Å².